The summed E-state index contributed by atoms with van der Waals surface area (Å²) in [6, 6.07) is 30.1. The van der Waals surface area contributed by atoms with Gasteiger partial charge in [-0.05, 0) is 16.7 Å². The van der Waals surface area contributed by atoms with Crippen LogP contribution in [0.15, 0.2) is 91.0 Å². The Bertz CT molecular complexity index is 1070. The zero-order valence-electron chi connectivity index (χ0n) is 20.3. The van der Waals surface area contributed by atoms with Crippen LogP contribution in [-0.2, 0) is 43.5 Å². The molecule has 1 saturated carbocycles. The van der Waals surface area contributed by atoms with E-state index in [-0.39, 0.29) is 24.1 Å². The van der Waals surface area contributed by atoms with Gasteiger partial charge in [-0.2, -0.15) is 0 Å². The van der Waals surface area contributed by atoms with Crippen LogP contribution in [0.5, 0.6) is 0 Å². The molecule has 0 spiro atoms. The topological polar surface area (TPSA) is 66.4 Å². The lowest BCUT2D eigenvalue weighted by Crippen LogP contribution is -2.70. The Balaban J connectivity index is 1.39. The van der Waals surface area contributed by atoms with Gasteiger partial charge in [-0.1, -0.05) is 103 Å². The summed E-state index contributed by atoms with van der Waals surface area (Å²) in [6.07, 6.45) is -1.70. The standard InChI is InChI=1S/C29H32O6S/c1-31-28-26(33-18-22-13-7-3-8-14-22)24-25(32-17-21-11-5-2-6-12-21)27(29(24,35-28)36-20-30)34-19-23-15-9-4-10-16-23/h2-16,24-28,30H,17-20H2,1H3/t24?,25?,26?,27-,28-,29?/m0/s1. The van der Waals surface area contributed by atoms with Gasteiger partial charge in [0.1, 0.15) is 12.2 Å². The summed E-state index contributed by atoms with van der Waals surface area (Å²) < 4.78 is 31.6. The summed E-state index contributed by atoms with van der Waals surface area (Å²) >= 11 is 1.32. The Morgan fingerprint density at radius 3 is 1.67 bits per heavy atom. The van der Waals surface area contributed by atoms with E-state index in [1.54, 1.807) is 7.11 Å². The number of ether oxygens (including phenoxy) is 5. The fraction of sp³-hybridized carbons (Fsp3) is 0.379. The van der Waals surface area contributed by atoms with Crippen molar-refractivity contribution in [1.29, 1.82) is 0 Å². The zero-order chi connectivity index (χ0) is 24.8. The third kappa shape index (κ3) is 5.24. The highest BCUT2D eigenvalue weighted by Gasteiger charge is 2.74. The smallest absolute Gasteiger partial charge is 0.185 e. The maximum Gasteiger partial charge on any atom is 0.185 e. The summed E-state index contributed by atoms with van der Waals surface area (Å²) in [7, 11) is 1.62. The first-order valence-electron chi connectivity index (χ1n) is 12.2. The summed E-state index contributed by atoms with van der Waals surface area (Å²) in [5.74, 6) is -0.303. The van der Waals surface area contributed by atoms with E-state index in [1.807, 2.05) is 91.0 Å². The second-order valence-corrected chi connectivity index (χ2v) is 10.2. The fourth-order valence-electron chi connectivity index (χ4n) is 5.07. The lowest BCUT2D eigenvalue weighted by Gasteiger charge is -2.55. The third-order valence-electron chi connectivity index (χ3n) is 6.80. The molecular weight excluding hydrogens is 476 g/mol. The third-order valence-corrected chi connectivity index (χ3v) is 7.98. The molecule has 36 heavy (non-hydrogen) atoms. The highest BCUT2D eigenvalue weighted by Crippen LogP contribution is 2.60. The van der Waals surface area contributed by atoms with Gasteiger partial charge in [-0.3, -0.25) is 0 Å². The molecule has 1 N–H and O–H groups in total. The first-order chi connectivity index (χ1) is 17.7. The summed E-state index contributed by atoms with van der Waals surface area (Å²) in [6.45, 7) is 1.27. The highest BCUT2D eigenvalue weighted by molar-refractivity contribution is 8.00. The molecule has 4 unspecified atom stereocenters. The van der Waals surface area contributed by atoms with Crippen molar-refractivity contribution in [1.82, 2.24) is 0 Å². The molecule has 1 aliphatic heterocycles. The number of hydrogen-bond acceptors (Lipinski definition) is 7. The van der Waals surface area contributed by atoms with E-state index >= 15 is 0 Å². The van der Waals surface area contributed by atoms with Crippen LogP contribution in [-0.4, -0.2) is 47.7 Å². The van der Waals surface area contributed by atoms with Crippen LogP contribution in [0.2, 0.25) is 0 Å². The van der Waals surface area contributed by atoms with E-state index in [9.17, 15) is 5.11 Å². The number of methoxy groups -OCH3 is 1. The molecule has 2 aliphatic rings. The molecule has 1 saturated heterocycles. The number of aliphatic hydroxyl groups is 1. The van der Waals surface area contributed by atoms with E-state index in [0.717, 1.165) is 16.7 Å². The van der Waals surface area contributed by atoms with Crippen LogP contribution in [0.25, 0.3) is 0 Å². The number of fused-ring (bicyclic) bond motifs is 1. The molecule has 1 heterocycles. The minimum atomic E-state index is -0.840. The average Bonchev–Trinajstić information content (AvgIpc) is 3.19. The van der Waals surface area contributed by atoms with Crippen molar-refractivity contribution in [2.75, 3.05) is 13.0 Å². The average molecular weight is 509 g/mol. The second kappa shape index (κ2) is 11.9. The maximum atomic E-state index is 10.00. The quantitative estimate of drug-likeness (QED) is 0.354. The second-order valence-electron chi connectivity index (χ2n) is 8.98. The van der Waals surface area contributed by atoms with Crippen LogP contribution in [0.4, 0.5) is 0 Å². The Kier molecular flexibility index (Phi) is 8.39. The Labute approximate surface area is 216 Å². The Morgan fingerprint density at radius 2 is 1.19 bits per heavy atom. The number of thioether (sulfide) groups is 1. The van der Waals surface area contributed by atoms with Gasteiger partial charge in [0.25, 0.3) is 0 Å². The molecule has 6 atom stereocenters. The van der Waals surface area contributed by atoms with Crippen molar-refractivity contribution in [2.24, 2.45) is 5.92 Å². The van der Waals surface area contributed by atoms with Crippen molar-refractivity contribution in [3.63, 3.8) is 0 Å². The van der Waals surface area contributed by atoms with E-state index in [4.69, 9.17) is 23.7 Å². The van der Waals surface area contributed by atoms with Crippen molar-refractivity contribution in [3.05, 3.63) is 108 Å². The first-order valence-corrected chi connectivity index (χ1v) is 13.2. The van der Waals surface area contributed by atoms with E-state index in [1.165, 1.54) is 11.8 Å². The van der Waals surface area contributed by atoms with E-state index in [0.29, 0.717) is 19.8 Å². The molecule has 5 rings (SSSR count). The fourth-order valence-corrected chi connectivity index (χ4v) is 6.26. The van der Waals surface area contributed by atoms with Crippen molar-refractivity contribution in [3.8, 4) is 0 Å². The first kappa shape index (κ1) is 25.4. The van der Waals surface area contributed by atoms with Gasteiger partial charge in [0.15, 0.2) is 11.2 Å². The van der Waals surface area contributed by atoms with Crippen molar-refractivity contribution >= 4 is 11.8 Å². The molecule has 2 fully saturated rings. The molecule has 6 nitrogen and oxygen atoms in total. The number of hydrogen-bond donors (Lipinski definition) is 1. The number of aliphatic hydroxyl groups excluding tert-OH is 1. The molecule has 3 aromatic rings. The molecule has 0 radical (unpaired) electrons. The maximum absolute atomic E-state index is 10.00. The minimum absolute atomic E-state index is 0.116. The van der Waals surface area contributed by atoms with Gasteiger partial charge in [-0.15, -0.1) is 0 Å². The predicted molar refractivity (Wildman–Crippen MR) is 138 cm³/mol. The molecule has 7 heteroatoms. The predicted octanol–water partition coefficient (Wildman–Crippen LogP) is 4.75. The summed E-state index contributed by atoms with van der Waals surface area (Å²) in [4.78, 5) is -0.840. The monoisotopic (exact) mass is 508 g/mol. The molecule has 0 bridgehead atoms. The molecule has 0 amide bonds. The van der Waals surface area contributed by atoms with Gasteiger partial charge >= 0.3 is 0 Å². The lowest BCUT2D eigenvalue weighted by molar-refractivity contribution is -0.259. The highest BCUT2D eigenvalue weighted by atomic mass is 32.2. The van der Waals surface area contributed by atoms with Crippen molar-refractivity contribution in [2.45, 2.75) is 49.4 Å². The van der Waals surface area contributed by atoms with Crippen LogP contribution in [0.1, 0.15) is 16.7 Å². The van der Waals surface area contributed by atoms with Crippen LogP contribution < -0.4 is 0 Å². The Morgan fingerprint density at radius 1 is 0.722 bits per heavy atom. The van der Waals surface area contributed by atoms with E-state index < -0.39 is 17.3 Å². The number of rotatable bonds is 12. The largest absolute Gasteiger partial charge is 0.386 e. The summed E-state index contributed by atoms with van der Waals surface area (Å²) in [5.41, 5.74) is 3.21. The SMILES string of the molecule is CO[C@H]1OC2(SCO)C(C1OCc1ccccc1)C(OCc1ccccc1)[C@@H]2OCc1ccccc1. The van der Waals surface area contributed by atoms with Gasteiger partial charge in [0, 0.05) is 7.11 Å². The van der Waals surface area contributed by atoms with Gasteiger partial charge < -0.3 is 28.8 Å². The van der Waals surface area contributed by atoms with Crippen molar-refractivity contribution < 1.29 is 28.8 Å². The van der Waals surface area contributed by atoms with E-state index in [2.05, 4.69) is 0 Å². The molecule has 0 aromatic heterocycles. The molecule has 190 valence electrons. The molecule has 3 aromatic carbocycles. The normalized spacial score (nSPS) is 29.0. The Hall–Kier alpha value is -2.23. The molecular formula is C29H32O6S. The van der Waals surface area contributed by atoms with Crippen LogP contribution in [0, 0.1) is 5.92 Å². The van der Waals surface area contributed by atoms with Gasteiger partial charge in [0.05, 0.1) is 37.8 Å². The zero-order valence-corrected chi connectivity index (χ0v) is 21.1. The van der Waals surface area contributed by atoms with Gasteiger partial charge in [-0.25, -0.2) is 0 Å². The summed E-state index contributed by atoms with van der Waals surface area (Å²) in [5, 5.41) is 10.00. The molecule has 1 aliphatic carbocycles. The minimum Gasteiger partial charge on any atom is -0.386 e. The van der Waals surface area contributed by atoms with Gasteiger partial charge in [0.2, 0.25) is 0 Å². The number of benzene rings is 3. The van der Waals surface area contributed by atoms with Crippen LogP contribution >= 0.6 is 11.8 Å². The van der Waals surface area contributed by atoms with Crippen LogP contribution in [0.3, 0.4) is 0 Å². The lowest BCUT2D eigenvalue weighted by atomic mass is 9.72.